The van der Waals surface area contributed by atoms with E-state index in [1.54, 1.807) is 6.92 Å². The normalized spacial score (nSPS) is 11.8. The van der Waals surface area contributed by atoms with Crippen LogP contribution in [0.1, 0.15) is 18.9 Å². The number of carbonyl (C=O) groups excluding carboxylic acids is 2. The van der Waals surface area contributed by atoms with Crippen LogP contribution in [0.25, 0.3) is 0 Å². The van der Waals surface area contributed by atoms with Crippen LogP contribution in [0.3, 0.4) is 0 Å². The number of imide groups is 1. The van der Waals surface area contributed by atoms with Gasteiger partial charge in [0.1, 0.15) is 6.04 Å². The molecule has 0 spiro atoms. The monoisotopic (exact) mass is 278 g/mol. The first-order chi connectivity index (χ1) is 9.45. The lowest BCUT2D eigenvalue weighted by molar-refractivity contribution is -0.120. The molecule has 0 saturated carbocycles. The average molecular weight is 278 g/mol. The Morgan fingerprint density at radius 3 is 2.65 bits per heavy atom. The SMILES string of the molecule is Cc1cccc(N(CCCN)C(C)C(=O)NC(N)=O)c1. The van der Waals surface area contributed by atoms with Gasteiger partial charge in [-0.3, -0.25) is 10.1 Å². The van der Waals surface area contributed by atoms with Crippen LogP contribution in [0.5, 0.6) is 0 Å². The zero-order valence-corrected chi connectivity index (χ0v) is 11.9. The molecule has 0 bridgehead atoms. The fourth-order valence-electron chi connectivity index (χ4n) is 1.98. The van der Waals surface area contributed by atoms with E-state index in [9.17, 15) is 9.59 Å². The number of primary amides is 1. The summed E-state index contributed by atoms with van der Waals surface area (Å²) in [7, 11) is 0. The maximum absolute atomic E-state index is 11.9. The number of carbonyl (C=O) groups is 2. The molecule has 1 aromatic rings. The molecular weight excluding hydrogens is 256 g/mol. The van der Waals surface area contributed by atoms with Crippen molar-refractivity contribution in [3.63, 3.8) is 0 Å². The van der Waals surface area contributed by atoms with E-state index in [0.717, 1.165) is 17.7 Å². The molecule has 0 heterocycles. The lowest BCUT2D eigenvalue weighted by atomic mass is 10.1. The second-order valence-electron chi connectivity index (χ2n) is 4.70. The molecule has 1 atom stereocenters. The standard InChI is InChI=1S/C14H22N4O2/c1-10-5-3-6-12(9-10)18(8-4-7-15)11(2)13(19)17-14(16)20/h3,5-6,9,11H,4,7-8,15H2,1-2H3,(H3,16,17,19,20). The zero-order valence-electron chi connectivity index (χ0n) is 11.9. The van der Waals surface area contributed by atoms with Crippen molar-refractivity contribution in [3.8, 4) is 0 Å². The molecule has 0 saturated heterocycles. The van der Waals surface area contributed by atoms with Crippen LogP contribution in [0, 0.1) is 6.92 Å². The molecule has 0 aromatic heterocycles. The molecule has 0 fully saturated rings. The molecule has 0 aliphatic rings. The molecule has 6 nitrogen and oxygen atoms in total. The molecule has 6 heteroatoms. The maximum Gasteiger partial charge on any atom is 0.318 e. The summed E-state index contributed by atoms with van der Waals surface area (Å²) in [6, 6.07) is 6.49. The highest BCUT2D eigenvalue weighted by molar-refractivity contribution is 5.97. The van der Waals surface area contributed by atoms with Gasteiger partial charge in [0, 0.05) is 12.2 Å². The molecular formula is C14H22N4O2. The van der Waals surface area contributed by atoms with Crippen LogP contribution in [-0.2, 0) is 4.79 Å². The van der Waals surface area contributed by atoms with Gasteiger partial charge >= 0.3 is 6.03 Å². The van der Waals surface area contributed by atoms with E-state index in [-0.39, 0.29) is 0 Å². The Morgan fingerprint density at radius 2 is 2.10 bits per heavy atom. The van der Waals surface area contributed by atoms with Gasteiger partial charge < -0.3 is 16.4 Å². The van der Waals surface area contributed by atoms with E-state index in [2.05, 4.69) is 5.32 Å². The molecule has 5 N–H and O–H groups in total. The molecule has 20 heavy (non-hydrogen) atoms. The number of urea groups is 1. The van der Waals surface area contributed by atoms with Crippen LogP contribution >= 0.6 is 0 Å². The molecule has 0 radical (unpaired) electrons. The lowest BCUT2D eigenvalue weighted by Gasteiger charge is -2.30. The first kappa shape index (κ1) is 16.0. The van der Waals surface area contributed by atoms with Crippen LogP contribution in [0.15, 0.2) is 24.3 Å². The minimum atomic E-state index is -0.843. The van der Waals surface area contributed by atoms with Gasteiger partial charge in [-0.05, 0) is 44.5 Å². The molecule has 110 valence electrons. The Hall–Kier alpha value is -2.08. The third-order valence-corrected chi connectivity index (χ3v) is 3.03. The summed E-state index contributed by atoms with van der Waals surface area (Å²) < 4.78 is 0. The molecule has 1 aromatic carbocycles. The molecule has 1 unspecified atom stereocenters. The van der Waals surface area contributed by atoms with Crippen molar-refractivity contribution in [2.75, 3.05) is 18.0 Å². The molecule has 0 aliphatic carbocycles. The number of nitrogens with two attached hydrogens (primary N) is 2. The first-order valence-electron chi connectivity index (χ1n) is 6.59. The van der Waals surface area contributed by atoms with E-state index in [1.165, 1.54) is 0 Å². The number of rotatable bonds is 6. The Morgan fingerprint density at radius 1 is 1.40 bits per heavy atom. The smallest absolute Gasteiger partial charge is 0.318 e. The van der Waals surface area contributed by atoms with Gasteiger partial charge in [-0.1, -0.05) is 12.1 Å². The topological polar surface area (TPSA) is 101 Å². The predicted molar refractivity (Wildman–Crippen MR) is 79.4 cm³/mol. The Balaban J connectivity index is 2.93. The van der Waals surface area contributed by atoms with E-state index in [4.69, 9.17) is 11.5 Å². The minimum absolute atomic E-state index is 0.420. The van der Waals surface area contributed by atoms with E-state index in [0.29, 0.717) is 13.1 Å². The predicted octanol–water partition coefficient (Wildman–Crippen LogP) is 0.734. The summed E-state index contributed by atoms with van der Waals surface area (Å²) in [4.78, 5) is 24.6. The Kier molecular flexibility index (Phi) is 5.99. The second-order valence-corrected chi connectivity index (χ2v) is 4.70. The Labute approximate surface area is 119 Å². The van der Waals surface area contributed by atoms with Crippen molar-refractivity contribution < 1.29 is 9.59 Å². The summed E-state index contributed by atoms with van der Waals surface area (Å²) in [5, 5.41) is 2.11. The van der Waals surface area contributed by atoms with Gasteiger partial charge in [0.2, 0.25) is 5.91 Å². The fourth-order valence-corrected chi connectivity index (χ4v) is 1.98. The first-order valence-corrected chi connectivity index (χ1v) is 6.59. The van der Waals surface area contributed by atoms with Gasteiger partial charge in [0.25, 0.3) is 0 Å². The maximum atomic E-state index is 11.9. The number of nitrogens with one attached hydrogen (secondary N) is 1. The number of hydrogen-bond donors (Lipinski definition) is 3. The Bertz CT molecular complexity index is 476. The van der Waals surface area contributed by atoms with Crippen molar-refractivity contribution >= 4 is 17.6 Å². The van der Waals surface area contributed by atoms with Crippen molar-refractivity contribution in [3.05, 3.63) is 29.8 Å². The van der Waals surface area contributed by atoms with Gasteiger partial charge in [0.15, 0.2) is 0 Å². The van der Waals surface area contributed by atoms with Crippen LogP contribution in [0.4, 0.5) is 10.5 Å². The number of amides is 3. The molecule has 1 rings (SSSR count). The van der Waals surface area contributed by atoms with Gasteiger partial charge in [-0.2, -0.15) is 0 Å². The molecule has 3 amide bonds. The van der Waals surface area contributed by atoms with Crippen molar-refractivity contribution in [2.24, 2.45) is 11.5 Å². The third-order valence-electron chi connectivity index (χ3n) is 3.03. The van der Waals surface area contributed by atoms with E-state index < -0.39 is 18.0 Å². The second kappa shape index (κ2) is 7.49. The summed E-state index contributed by atoms with van der Waals surface area (Å²) in [5.74, 6) is -0.420. The van der Waals surface area contributed by atoms with Crippen molar-refractivity contribution in [2.45, 2.75) is 26.3 Å². The van der Waals surface area contributed by atoms with Crippen molar-refractivity contribution in [1.29, 1.82) is 0 Å². The average Bonchev–Trinajstić information content (AvgIpc) is 2.38. The number of nitrogens with zero attached hydrogens (tertiary/aromatic N) is 1. The number of aryl methyl sites for hydroxylation is 1. The van der Waals surface area contributed by atoms with Crippen LogP contribution in [-0.4, -0.2) is 31.1 Å². The summed E-state index contributed by atoms with van der Waals surface area (Å²) in [6.07, 6.45) is 0.752. The van der Waals surface area contributed by atoms with Gasteiger partial charge in [0.05, 0.1) is 0 Å². The minimum Gasteiger partial charge on any atom is -0.360 e. The quantitative estimate of drug-likeness (QED) is 0.714. The lowest BCUT2D eigenvalue weighted by Crippen LogP contribution is -2.49. The summed E-state index contributed by atoms with van der Waals surface area (Å²) >= 11 is 0. The highest BCUT2D eigenvalue weighted by atomic mass is 16.2. The highest BCUT2D eigenvalue weighted by Gasteiger charge is 2.22. The van der Waals surface area contributed by atoms with E-state index in [1.807, 2.05) is 36.1 Å². The largest absolute Gasteiger partial charge is 0.360 e. The third kappa shape index (κ3) is 4.55. The zero-order chi connectivity index (χ0) is 15.1. The summed E-state index contributed by atoms with van der Waals surface area (Å²) in [5.41, 5.74) is 12.5. The van der Waals surface area contributed by atoms with Gasteiger partial charge in [-0.15, -0.1) is 0 Å². The number of hydrogen-bond acceptors (Lipinski definition) is 4. The molecule has 0 aliphatic heterocycles. The number of benzene rings is 1. The van der Waals surface area contributed by atoms with Crippen LogP contribution < -0.4 is 21.7 Å². The summed E-state index contributed by atoms with van der Waals surface area (Å²) in [6.45, 7) is 4.88. The van der Waals surface area contributed by atoms with E-state index >= 15 is 0 Å². The fraction of sp³-hybridized carbons (Fsp3) is 0.429. The number of anilines is 1. The highest BCUT2D eigenvalue weighted by Crippen LogP contribution is 2.19. The van der Waals surface area contributed by atoms with Gasteiger partial charge in [-0.25, -0.2) is 4.79 Å². The van der Waals surface area contributed by atoms with Crippen molar-refractivity contribution in [1.82, 2.24) is 5.32 Å². The van der Waals surface area contributed by atoms with Crippen LogP contribution in [0.2, 0.25) is 0 Å².